The molecule has 0 aromatic heterocycles. The summed E-state index contributed by atoms with van der Waals surface area (Å²) in [4.78, 5) is 15.9. The Morgan fingerprint density at radius 2 is 2.06 bits per heavy atom. The number of rotatable bonds is 6. The summed E-state index contributed by atoms with van der Waals surface area (Å²) >= 11 is 0. The molecule has 1 heterocycles. The Morgan fingerprint density at radius 1 is 1.39 bits per heavy atom. The predicted molar refractivity (Wildman–Crippen MR) is 74.4 cm³/mol. The topological polar surface area (TPSA) is 61.6 Å². The monoisotopic (exact) mass is 256 g/mol. The average Bonchev–Trinajstić information content (AvgIpc) is 2.75. The first-order valence-corrected chi connectivity index (χ1v) is 6.87. The molecule has 106 valence electrons. The minimum absolute atomic E-state index is 0.00288. The van der Waals surface area contributed by atoms with Crippen molar-refractivity contribution < 1.29 is 4.79 Å². The summed E-state index contributed by atoms with van der Waals surface area (Å²) in [6, 6.07) is 0.906. The van der Waals surface area contributed by atoms with Gasteiger partial charge in [0.2, 0.25) is 5.91 Å². The number of hydrogen-bond acceptors (Lipinski definition) is 4. The predicted octanol–water partition coefficient (Wildman–Crippen LogP) is -0.136. The molecular weight excluding hydrogens is 228 g/mol. The Hall–Kier alpha value is -0.650. The zero-order valence-corrected chi connectivity index (χ0v) is 12.1. The van der Waals surface area contributed by atoms with E-state index in [4.69, 9.17) is 5.73 Å². The van der Waals surface area contributed by atoms with E-state index in [1.807, 2.05) is 14.1 Å². The van der Waals surface area contributed by atoms with Gasteiger partial charge in [-0.25, -0.2) is 0 Å². The van der Waals surface area contributed by atoms with Gasteiger partial charge in [0.15, 0.2) is 0 Å². The molecule has 3 N–H and O–H groups in total. The van der Waals surface area contributed by atoms with Crippen molar-refractivity contribution in [2.45, 2.75) is 44.8 Å². The highest BCUT2D eigenvalue weighted by Crippen LogP contribution is 2.15. The van der Waals surface area contributed by atoms with Gasteiger partial charge in [0, 0.05) is 45.8 Å². The van der Waals surface area contributed by atoms with E-state index in [2.05, 4.69) is 24.1 Å². The lowest BCUT2D eigenvalue weighted by Crippen LogP contribution is -2.47. The zero-order chi connectivity index (χ0) is 13.7. The van der Waals surface area contributed by atoms with Crippen molar-refractivity contribution in [2.24, 2.45) is 5.73 Å². The summed E-state index contributed by atoms with van der Waals surface area (Å²) in [5, 5.41) is 3.44. The standard InChI is InChI=1S/C13H28N4O/c1-10(2)17(8-7-14)9-11-5-6-12(15-11)13(18)16(3)4/h10-12,15H,5-9,14H2,1-4H3. The SMILES string of the molecule is CC(C)N(CCN)CC1CCC(C(=O)N(C)C)N1. The first-order valence-electron chi connectivity index (χ1n) is 6.87. The smallest absolute Gasteiger partial charge is 0.239 e. The highest BCUT2D eigenvalue weighted by Gasteiger charge is 2.31. The van der Waals surface area contributed by atoms with Gasteiger partial charge in [0.1, 0.15) is 0 Å². The Kier molecular flexibility index (Phi) is 6.05. The molecule has 0 radical (unpaired) electrons. The summed E-state index contributed by atoms with van der Waals surface area (Å²) in [6.07, 6.45) is 2.01. The van der Waals surface area contributed by atoms with Crippen LogP contribution in [0.5, 0.6) is 0 Å². The van der Waals surface area contributed by atoms with Gasteiger partial charge in [0.05, 0.1) is 6.04 Å². The highest BCUT2D eigenvalue weighted by atomic mass is 16.2. The van der Waals surface area contributed by atoms with Crippen LogP contribution in [0.15, 0.2) is 0 Å². The van der Waals surface area contributed by atoms with Gasteiger partial charge < -0.3 is 16.0 Å². The quantitative estimate of drug-likeness (QED) is 0.695. The van der Waals surface area contributed by atoms with Gasteiger partial charge in [-0.05, 0) is 26.7 Å². The molecule has 0 aliphatic carbocycles. The number of nitrogens with one attached hydrogen (secondary N) is 1. The molecule has 2 unspecified atom stereocenters. The van der Waals surface area contributed by atoms with Crippen LogP contribution in [0, 0.1) is 0 Å². The Bertz CT molecular complexity index is 268. The van der Waals surface area contributed by atoms with Gasteiger partial charge in [-0.15, -0.1) is 0 Å². The van der Waals surface area contributed by atoms with Crippen LogP contribution in [0.25, 0.3) is 0 Å². The third-order valence-electron chi connectivity index (χ3n) is 3.58. The molecule has 0 spiro atoms. The first-order chi connectivity index (χ1) is 8.45. The molecule has 1 amide bonds. The molecule has 1 aliphatic rings. The Labute approximate surface area is 111 Å². The number of carbonyl (C=O) groups excluding carboxylic acids is 1. The van der Waals surface area contributed by atoms with Crippen molar-refractivity contribution >= 4 is 5.91 Å². The molecule has 18 heavy (non-hydrogen) atoms. The van der Waals surface area contributed by atoms with E-state index in [9.17, 15) is 4.79 Å². The van der Waals surface area contributed by atoms with Crippen LogP contribution in [0.1, 0.15) is 26.7 Å². The fourth-order valence-electron chi connectivity index (χ4n) is 2.48. The summed E-state index contributed by atoms with van der Waals surface area (Å²) in [5.41, 5.74) is 5.63. The van der Waals surface area contributed by atoms with Crippen LogP contribution in [0.4, 0.5) is 0 Å². The van der Waals surface area contributed by atoms with Gasteiger partial charge in [-0.2, -0.15) is 0 Å². The molecule has 1 aliphatic heterocycles. The van der Waals surface area contributed by atoms with Crippen LogP contribution in [-0.4, -0.2) is 67.6 Å². The molecular formula is C13H28N4O. The van der Waals surface area contributed by atoms with Crippen molar-refractivity contribution in [3.8, 4) is 0 Å². The van der Waals surface area contributed by atoms with E-state index >= 15 is 0 Å². The number of likely N-dealkylation sites (N-methyl/N-ethyl adjacent to an activating group) is 1. The highest BCUT2D eigenvalue weighted by molar-refractivity contribution is 5.81. The largest absolute Gasteiger partial charge is 0.347 e. The van der Waals surface area contributed by atoms with Gasteiger partial charge in [0.25, 0.3) is 0 Å². The van der Waals surface area contributed by atoms with Crippen molar-refractivity contribution in [2.75, 3.05) is 33.7 Å². The van der Waals surface area contributed by atoms with Crippen LogP contribution >= 0.6 is 0 Å². The number of nitrogens with zero attached hydrogens (tertiary/aromatic N) is 2. The Balaban J connectivity index is 2.44. The van der Waals surface area contributed by atoms with Crippen LogP contribution in [0.3, 0.4) is 0 Å². The lowest BCUT2D eigenvalue weighted by atomic mass is 10.1. The van der Waals surface area contributed by atoms with E-state index in [0.717, 1.165) is 25.9 Å². The minimum atomic E-state index is -0.00288. The van der Waals surface area contributed by atoms with Gasteiger partial charge in [-0.1, -0.05) is 0 Å². The lowest BCUT2D eigenvalue weighted by Gasteiger charge is -2.29. The molecule has 2 atom stereocenters. The summed E-state index contributed by atoms with van der Waals surface area (Å²) in [5.74, 6) is 0.187. The van der Waals surface area contributed by atoms with Crippen molar-refractivity contribution in [3.05, 3.63) is 0 Å². The average molecular weight is 256 g/mol. The molecule has 5 heteroatoms. The lowest BCUT2D eigenvalue weighted by molar-refractivity contribution is -0.130. The summed E-state index contributed by atoms with van der Waals surface area (Å²) in [6.45, 7) is 6.96. The van der Waals surface area contributed by atoms with E-state index in [1.165, 1.54) is 0 Å². The van der Waals surface area contributed by atoms with Gasteiger partial charge in [-0.3, -0.25) is 9.69 Å². The third kappa shape index (κ3) is 4.23. The zero-order valence-electron chi connectivity index (χ0n) is 12.1. The van der Waals surface area contributed by atoms with E-state index in [-0.39, 0.29) is 11.9 Å². The first kappa shape index (κ1) is 15.4. The van der Waals surface area contributed by atoms with Crippen LogP contribution in [-0.2, 0) is 4.79 Å². The molecule has 0 aromatic carbocycles. The number of amides is 1. The molecule has 0 saturated carbocycles. The number of carbonyl (C=O) groups is 1. The van der Waals surface area contributed by atoms with Gasteiger partial charge >= 0.3 is 0 Å². The van der Waals surface area contributed by atoms with Crippen LogP contribution in [0.2, 0.25) is 0 Å². The summed E-state index contributed by atoms with van der Waals surface area (Å²) < 4.78 is 0. The fraction of sp³-hybridized carbons (Fsp3) is 0.923. The van der Waals surface area contributed by atoms with Crippen molar-refractivity contribution in [3.63, 3.8) is 0 Å². The second-order valence-electron chi connectivity index (χ2n) is 5.60. The molecule has 1 rings (SSSR count). The molecule has 0 aromatic rings. The maximum Gasteiger partial charge on any atom is 0.239 e. The van der Waals surface area contributed by atoms with E-state index < -0.39 is 0 Å². The normalized spacial score (nSPS) is 23.9. The second kappa shape index (κ2) is 7.07. The maximum absolute atomic E-state index is 11.9. The third-order valence-corrected chi connectivity index (χ3v) is 3.58. The van der Waals surface area contributed by atoms with Crippen molar-refractivity contribution in [1.82, 2.24) is 15.1 Å². The molecule has 1 saturated heterocycles. The number of nitrogens with two attached hydrogens (primary N) is 1. The number of hydrogen-bond donors (Lipinski definition) is 2. The molecule has 0 bridgehead atoms. The Morgan fingerprint density at radius 3 is 2.56 bits per heavy atom. The van der Waals surface area contributed by atoms with E-state index in [1.54, 1.807) is 4.90 Å². The van der Waals surface area contributed by atoms with Crippen LogP contribution < -0.4 is 11.1 Å². The fourth-order valence-corrected chi connectivity index (χ4v) is 2.48. The van der Waals surface area contributed by atoms with E-state index in [0.29, 0.717) is 18.6 Å². The second-order valence-corrected chi connectivity index (χ2v) is 5.60. The molecule has 5 nitrogen and oxygen atoms in total. The molecule has 1 fully saturated rings. The maximum atomic E-state index is 11.9. The van der Waals surface area contributed by atoms with Crippen molar-refractivity contribution in [1.29, 1.82) is 0 Å². The minimum Gasteiger partial charge on any atom is -0.347 e. The summed E-state index contributed by atoms with van der Waals surface area (Å²) in [7, 11) is 3.62.